The van der Waals surface area contributed by atoms with Gasteiger partial charge in [0.05, 0.1) is 12.2 Å². The number of nitrogens with zero attached hydrogens (tertiary/aromatic N) is 1. The highest BCUT2D eigenvalue weighted by Gasteiger charge is 2.31. The zero-order valence-electron chi connectivity index (χ0n) is 15.7. The van der Waals surface area contributed by atoms with Crippen molar-refractivity contribution in [3.63, 3.8) is 0 Å². The van der Waals surface area contributed by atoms with E-state index >= 15 is 0 Å². The van der Waals surface area contributed by atoms with Crippen LogP contribution in [-0.4, -0.2) is 23.3 Å². The molecule has 2 aromatic rings. The van der Waals surface area contributed by atoms with E-state index in [4.69, 9.17) is 4.74 Å². The second-order valence-electron chi connectivity index (χ2n) is 7.45. The van der Waals surface area contributed by atoms with E-state index in [2.05, 4.69) is 31.0 Å². The van der Waals surface area contributed by atoms with Crippen molar-refractivity contribution in [1.29, 1.82) is 0 Å². The SMILES string of the molecule is CCOC(=O)c1ccc(CCc2ccc3c(c2)C(=O)CCC3(C)C)nc1. The number of esters is 1. The van der Waals surface area contributed by atoms with Gasteiger partial charge in [0.2, 0.25) is 0 Å². The van der Waals surface area contributed by atoms with Crippen molar-refractivity contribution in [2.24, 2.45) is 0 Å². The van der Waals surface area contributed by atoms with Crippen molar-refractivity contribution in [2.45, 2.75) is 51.9 Å². The molecule has 1 aliphatic rings. The van der Waals surface area contributed by atoms with E-state index in [-0.39, 0.29) is 17.2 Å². The number of carbonyl (C=O) groups is 2. The number of hydrogen-bond donors (Lipinski definition) is 0. The second-order valence-corrected chi connectivity index (χ2v) is 7.45. The minimum atomic E-state index is -0.345. The zero-order chi connectivity index (χ0) is 18.7. The molecule has 0 saturated carbocycles. The average Bonchev–Trinajstić information content (AvgIpc) is 2.64. The molecule has 0 fully saturated rings. The van der Waals surface area contributed by atoms with E-state index in [9.17, 15) is 9.59 Å². The largest absolute Gasteiger partial charge is 0.462 e. The van der Waals surface area contributed by atoms with Crippen LogP contribution < -0.4 is 0 Å². The highest BCUT2D eigenvalue weighted by Crippen LogP contribution is 2.37. The third-order valence-electron chi connectivity index (χ3n) is 5.10. The van der Waals surface area contributed by atoms with E-state index in [0.29, 0.717) is 18.6 Å². The van der Waals surface area contributed by atoms with Gasteiger partial charge in [-0.1, -0.05) is 26.0 Å². The first kappa shape index (κ1) is 18.3. The molecular formula is C22H25NO3. The van der Waals surface area contributed by atoms with Crippen molar-refractivity contribution in [3.05, 3.63) is 64.5 Å². The average molecular weight is 351 g/mol. The highest BCUT2D eigenvalue weighted by atomic mass is 16.5. The monoisotopic (exact) mass is 351 g/mol. The van der Waals surface area contributed by atoms with Crippen LogP contribution in [0.25, 0.3) is 0 Å². The van der Waals surface area contributed by atoms with Crippen LogP contribution in [0.2, 0.25) is 0 Å². The third-order valence-corrected chi connectivity index (χ3v) is 5.10. The second kappa shape index (κ2) is 7.40. The summed E-state index contributed by atoms with van der Waals surface area (Å²) in [5.74, 6) is -0.0968. The fourth-order valence-corrected chi connectivity index (χ4v) is 3.44. The van der Waals surface area contributed by atoms with Crippen LogP contribution >= 0.6 is 0 Å². The summed E-state index contributed by atoms with van der Waals surface area (Å²) in [6, 6.07) is 9.88. The molecule has 4 heteroatoms. The van der Waals surface area contributed by atoms with Gasteiger partial charge in [0.25, 0.3) is 0 Å². The molecule has 0 spiro atoms. The molecule has 0 aliphatic heterocycles. The summed E-state index contributed by atoms with van der Waals surface area (Å²) >= 11 is 0. The number of pyridine rings is 1. The van der Waals surface area contributed by atoms with E-state index in [1.54, 1.807) is 19.2 Å². The molecule has 1 aromatic heterocycles. The first-order valence-electron chi connectivity index (χ1n) is 9.19. The normalized spacial score (nSPS) is 15.4. The van der Waals surface area contributed by atoms with Gasteiger partial charge in [-0.3, -0.25) is 9.78 Å². The molecule has 0 saturated heterocycles. The van der Waals surface area contributed by atoms with Crippen LogP contribution in [0.4, 0.5) is 0 Å². The molecule has 4 nitrogen and oxygen atoms in total. The Labute approximate surface area is 154 Å². The van der Waals surface area contributed by atoms with E-state index in [0.717, 1.165) is 41.6 Å². The van der Waals surface area contributed by atoms with E-state index in [1.165, 1.54) is 0 Å². The molecule has 0 unspecified atom stereocenters. The van der Waals surface area contributed by atoms with Crippen molar-refractivity contribution in [1.82, 2.24) is 4.98 Å². The molecule has 0 bridgehead atoms. The number of aromatic nitrogens is 1. The molecule has 1 aromatic carbocycles. The number of ether oxygens (including phenoxy) is 1. The number of fused-ring (bicyclic) bond motifs is 1. The summed E-state index contributed by atoms with van der Waals surface area (Å²) < 4.78 is 4.97. The Kier molecular flexibility index (Phi) is 5.21. The van der Waals surface area contributed by atoms with Gasteiger partial charge in [0.15, 0.2) is 5.78 Å². The predicted molar refractivity (Wildman–Crippen MR) is 101 cm³/mol. The van der Waals surface area contributed by atoms with Gasteiger partial charge in [0, 0.05) is 23.9 Å². The van der Waals surface area contributed by atoms with Gasteiger partial charge in [0.1, 0.15) is 0 Å². The van der Waals surface area contributed by atoms with Crippen molar-refractivity contribution in [2.75, 3.05) is 6.61 Å². The minimum absolute atomic E-state index is 0.0618. The molecule has 136 valence electrons. The lowest BCUT2D eigenvalue weighted by Crippen LogP contribution is -2.27. The molecule has 26 heavy (non-hydrogen) atoms. The number of rotatable bonds is 5. The minimum Gasteiger partial charge on any atom is -0.462 e. The lowest BCUT2D eigenvalue weighted by molar-refractivity contribution is 0.0525. The summed E-state index contributed by atoms with van der Waals surface area (Å²) in [4.78, 5) is 28.3. The summed E-state index contributed by atoms with van der Waals surface area (Å²) in [7, 11) is 0. The standard InChI is InChI=1S/C22H25NO3/c1-4-26-21(25)16-7-9-17(23-14-16)8-5-15-6-10-19-18(13-15)20(24)11-12-22(19,2)3/h6-7,9-10,13-14H,4-5,8,11-12H2,1-3H3. The summed E-state index contributed by atoms with van der Waals surface area (Å²) in [6.45, 7) is 6.54. The number of carbonyl (C=O) groups excluding carboxylic acids is 2. The molecule has 0 radical (unpaired) electrons. The highest BCUT2D eigenvalue weighted by molar-refractivity contribution is 5.99. The maximum absolute atomic E-state index is 12.3. The maximum Gasteiger partial charge on any atom is 0.339 e. The van der Waals surface area contributed by atoms with Crippen LogP contribution in [0, 0.1) is 0 Å². The Morgan fingerprint density at radius 1 is 1.19 bits per heavy atom. The van der Waals surface area contributed by atoms with Gasteiger partial charge >= 0.3 is 5.97 Å². The van der Waals surface area contributed by atoms with Gasteiger partial charge in [-0.15, -0.1) is 0 Å². The summed E-state index contributed by atoms with van der Waals surface area (Å²) in [5.41, 5.74) is 4.64. The summed E-state index contributed by atoms with van der Waals surface area (Å²) in [6.07, 6.45) is 4.67. The lowest BCUT2D eigenvalue weighted by Gasteiger charge is -2.32. The Morgan fingerprint density at radius 3 is 2.69 bits per heavy atom. The number of Topliss-reactive ketones (excluding diaryl/α,β-unsaturated/α-hetero) is 1. The molecule has 0 atom stereocenters. The smallest absolute Gasteiger partial charge is 0.339 e. The van der Waals surface area contributed by atoms with Gasteiger partial charge < -0.3 is 4.74 Å². The van der Waals surface area contributed by atoms with Crippen LogP contribution in [0.15, 0.2) is 36.5 Å². The Morgan fingerprint density at radius 2 is 2.00 bits per heavy atom. The first-order chi connectivity index (χ1) is 12.4. The predicted octanol–water partition coefficient (Wildman–Crippen LogP) is 4.30. The third kappa shape index (κ3) is 3.85. The van der Waals surface area contributed by atoms with Gasteiger partial charge in [-0.25, -0.2) is 4.79 Å². The maximum atomic E-state index is 12.3. The first-order valence-corrected chi connectivity index (χ1v) is 9.19. The Bertz CT molecular complexity index is 822. The molecule has 0 amide bonds. The van der Waals surface area contributed by atoms with E-state index in [1.807, 2.05) is 12.1 Å². The molecule has 1 heterocycles. The fourth-order valence-electron chi connectivity index (χ4n) is 3.44. The fraction of sp³-hybridized carbons (Fsp3) is 0.409. The lowest BCUT2D eigenvalue weighted by atomic mass is 9.72. The van der Waals surface area contributed by atoms with Crippen molar-refractivity contribution >= 4 is 11.8 Å². The Balaban J connectivity index is 1.70. The number of hydrogen-bond acceptors (Lipinski definition) is 4. The van der Waals surface area contributed by atoms with Crippen LogP contribution in [0.1, 0.15) is 71.1 Å². The molecule has 3 rings (SSSR count). The van der Waals surface area contributed by atoms with Gasteiger partial charge in [-0.2, -0.15) is 0 Å². The quantitative estimate of drug-likeness (QED) is 0.754. The molecule has 0 N–H and O–H groups in total. The molecular weight excluding hydrogens is 326 g/mol. The van der Waals surface area contributed by atoms with E-state index < -0.39 is 0 Å². The van der Waals surface area contributed by atoms with Gasteiger partial charge in [-0.05, 0) is 60.9 Å². The topological polar surface area (TPSA) is 56.3 Å². The number of aryl methyl sites for hydroxylation is 2. The van der Waals surface area contributed by atoms with Crippen LogP contribution in [-0.2, 0) is 23.0 Å². The number of benzene rings is 1. The Hall–Kier alpha value is -2.49. The van der Waals surface area contributed by atoms with Crippen LogP contribution in [0.5, 0.6) is 0 Å². The van der Waals surface area contributed by atoms with Crippen molar-refractivity contribution < 1.29 is 14.3 Å². The zero-order valence-corrected chi connectivity index (χ0v) is 15.7. The summed E-state index contributed by atoms with van der Waals surface area (Å²) in [5, 5.41) is 0. The van der Waals surface area contributed by atoms with Crippen LogP contribution in [0.3, 0.4) is 0 Å². The van der Waals surface area contributed by atoms with Crippen molar-refractivity contribution in [3.8, 4) is 0 Å². The molecule has 1 aliphatic carbocycles. The number of ketones is 1.